The molecule has 0 amide bonds. The lowest BCUT2D eigenvalue weighted by molar-refractivity contribution is 0.333. The Balaban J connectivity index is 2.47. The fourth-order valence-electron chi connectivity index (χ4n) is 2.92. The fraction of sp³-hybridized carbons (Fsp3) is 0.538. The Labute approximate surface area is 90.5 Å². The Kier molecular flexibility index (Phi) is 2.79. The van der Waals surface area contributed by atoms with Crippen LogP contribution < -0.4 is 5.73 Å². The maximum absolute atomic E-state index is 13.8. The minimum atomic E-state index is -0.120. The van der Waals surface area contributed by atoms with Gasteiger partial charge in [0.15, 0.2) is 0 Å². The van der Waals surface area contributed by atoms with E-state index in [1.807, 2.05) is 12.1 Å². The van der Waals surface area contributed by atoms with Crippen molar-refractivity contribution in [1.29, 1.82) is 0 Å². The van der Waals surface area contributed by atoms with E-state index in [1.54, 1.807) is 6.07 Å². The standard InChI is InChI=1S/C13H18FN/c1-10-5-4-8-13(10,9-15)11-6-2-3-7-12(11)14/h2-3,6-7,10H,4-5,8-9,15H2,1H3. The number of hydrogen-bond donors (Lipinski definition) is 1. The van der Waals surface area contributed by atoms with Crippen LogP contribution in [0, 0.1) is 11.7 Å². The van der Waals surface area contributed by atoms with Gasteiger partial charge in [-0.15, -0.1) is 0 Å². The average Bonchev–Trinajstić information content (AvgIpc) is 2.61. The van der Waals surface area contributed by atoms with Crippen molar-refractivity contribution in [2.45, 2.75) is 31.6 Å². The van der Waals surface area contributed by atoms with Gasteiger partial charge in [0.25, 0.3) is 0 Å². The van der Waals surface area contributed by atoms with Crippen LogP contribution in [0.25, 0.3) is 0 Å². The van der Waals surface area contributed by atoms with Gasteiger partial charge < -0.3 is 5.73 Å². The highest BCUT2D eigenvalue weighted by Gasteiger charge is 2.41. The summed E-state index contributed by atoms with van der Waals surface area (Å²) in [7, 11) is 0. The Morgan fingerprint density at radius 1 is 1.47 bits per heavy atom. The third kappa shape index (κ3) is 1.57. The van der Waals surface area contributed by atoms with Crippen molar-refractivity contribution in [3.63, 3.8) is 0 Å². The van der Waals surface area contributed by atoms with E-state index >= 15 is 0 Å². The van der Waals surface area contributed by atoms with Gasteiger partial charge >= 0.3 is 0 Å². The fourth-order valence-corrected chi connectivity index (χ4v) is 2.92. The van der Waals surface area contributed by atoms with Crippen molar-refractivity contribution in [3.05, 3.63) is 35.6 Å². The minimum Gasteiger partial charge on any atom is -0.330 e. The van der Waals surface area contributed by atoms with Crippen molar-refractivity contribution < 1.29 is 4.39 Å². The lowest BCUT2D eigenvalue weighted by Gasteiger charge is -2.33. The predicted molar refractivity (Wildman–Crippen MR) is 60.1 cm³/mol. The van der Waals surface area contributed by atoms with E-state index in [0.29, 0.717) is 12.5 Å². The van der Waals surface area contributed by atoms with E-state index in [1.165, 1.54) is 6.07 Å². The average molecular weight is 207 g/mol. The second-order valence-corrected chi connectivity index (χ2v) is 4.63. The number of hydrogen-bond acceptors (Lipinski definition) is 1. The molecule has 0 bridgehead atoms. The summed E-state index contributed by atoms with van der Waals surface area (Å²) < 4.78 is 13.8. The summed E-state index contributed by atoms with van der Waals surface area (Å²) in [4.78, 5) is 0. The summed E-state index contributed by atoms with van der Waals surface area (Å²) in [5, 5.41) is 0. The number of benzene rings is 1. The van der Waals surface area contributed by atoms with Gasteiger partial charge in [-0.25, -0.2) is 4.39 Å². The molecule has 1 aromatic rings. The van der Waals surface area contributed by atoms with E-state index in [4.69, 9.17) is 5.73 Å². The van der Waals surface area contributed by atoms with Crippen LogP contribution in [-0.2, 0) is 5.41 Å². The zero-order valence-electron chi connectivity index (χ0n) is 9.17. The first-order chi connectivity index (χ1) is 7.20. The monoisotopic (exact) mass is 207 g/mol. The Morgan fingerprint density at radius 2 is 2.20 bits per heavy atom. The molecule has 0 aromatic heterocycles. The molecular weight excluding hydrogens is 189 g/mol. The van der Waals surface area contributed by atoms with Crippen molar-refractivity contribution >= 4 is 0 Å². The van der Waals surface area contributed by atoms with Crippen LogP contribution in [0.15, 0.2) is 24.3 Å². The quantitative estimate of drug-likeness (QED) is 0.793. The van der Waals surface area contributed by atoms with Gasteiger partial charge in [-0.1, -0.05) is 31.5 Å². The van der Waals surface area contributed by atoms with Gasteiger partial charge in [0.1, 0.15) is 5.82 Å². The molecule has 0 saturated heterocycles. The molecule has 2 unspecified atom stereocenters. The molecular formula is C13H18FN. The molecule has 1 fully saturated rings. The minimum absolute atomic E-state index is 0.100. The summed E-state index contributed by atoms with van der Waals surface area (Å²) in [6, 6.07) is 7.07. The highest BCUT2D eigenvalue weighted by Crippen LogP contribution is 2.45. The van der Waals surface area contributed by atoms with Crippen molar-refractivity contribution in [2.75, 3.05) is 6.54 Å². The van der Waals surface area contributed by atoms with Gasteiger partial charge in [-0.05, 0) is 30.4 Å². The Hall–Kier alpha value is -0.890. The maximum Gasteiger partial charge on any atom is 0.127 e. The molecule has 1 aromatic carbocycles. The molecule has 15 heavy (non-hydrogen) atoms. The molecule has 82 valence electrons. The normalized spacial score (nSPS) is 30.7. The third-order valence-corrected chi connectivity index (χ3v) is 3.98. The van der Waals surface area contributed by atoms with Crippen molar-refractivity contribution in [2.24, 2.45) is 11.7 Å². The van der Waals surface area contributed by atoms with E-state index in [-0.39, 0.29) is 11.2 Å². The number of halogens is 1. The van der Waals surface area contributed by atoms with Crippen LogP contribution in [0.1, 0.15) is 31.7 Å². The first kappa shape index (κ1) is 10.6. The SMILES string of the molecule is CC1CCCC1(CN)c1ccccc1F. The zero-order valence-corrected chi connectivity index (χ0v) is 9.17. The highest BCUT2D eigenvalue weighted by atomic mass is 19.1. The van der Waals surface area contributed by atoms with Crippen LogP contribution >= 0.6 is 0 Å². The van der Waals surface area contributed by atoms with Crippen molar-refractivity contribution in [3.8, 4) is 0 Å². The molecule has 1 nitrogen and oxygen atoms in total. The van der Waals surface area contributed by atoms with Gasteiger partial charge in [0.2, 0.25) is 0 Å². The molecule has 0 aliphatic heterocycles. The number of nitrogens with two attached hydrogens (primary N) is 1. The number of rotatable bonds is 2. The first-order valence-electron chi connectivity index (χ1n) is 5.66. The molecule has 2 heteroatoms. The van der Waals surface area contributed by atoms with Crippen LogP contribution in [0.2, 0.25) is 0 Å². The summed E-state index contributed by atoms with van der Waals surface area (Å²) in [5.74, 6) is 0.385. The second kappa shape index (κ2) is 3.93. The van der Waals surface area contributed by atoms with Crippen LogP contribution in [0.5, 0.6) is 0 Å². The third-order valence-electron chi connectivity index (χ3n) is 3.98. The summed E-state index contributed by atoms with van der Waals surface area (Å²) in [6.07, 6.45) is 3.34. The molecule has 1 saturated carbocycles. The van der Waals surface area contributed by atoms with Crippen molar-refractivity contribution in [1.82, 2.24) is 0 Å². The van der Waals surface area contributed by atoms with Gasteiger partial charge in [0.05, 0.1) is 0 Å². The van der Waals surface area contributed by atoms with E-state index in [9.17, 15) is 4.39 Å². The Morgan fingerprint density at radius 3 is 2.73 bits per heavy atom. The molecule has 2 atom stereocenters. The van der Waals surface area contributed by atoms with Crippen LogP contribution in [0.3, 0.4) is 0 Å². The second-order valence-electron chi connectivity index (χ2n) is 4.63. The molecule has 1 aliphatic carbocycles. The van der Waals surface area contributed by atoms with Gasteiger partial charge in [-0.2, -0.15) is 0 Å². The summed E-state index contributed by atoms with van der Waals surface area (Å²) >= 11 is 0. The van der Waals surface area contributed by atoms with E-state index < -0.39 is 0 Å². The largest absolute Gasteiger partial charge is 0.330 e. The highest BCUT2D eigenvalue weighted by molar-refractivity contribution is 5.30. The predicted octanol–water partition coefficient (Wildman–Crippen LogP) is 2.84. The van der Waals surface area contributed by atoms with Crippen LogP contribution in [-0.4, -0.2) is 6.54 Å². The molecule has 0 radical (unpaired) electrons. The molecule has 2 N–H and O–H groups in total. The summed E-state index contributed by atoms with van der Waals surface area (Å²) in [5.41, 5.74) is 6.59. The lowest BCUT2D eigenvalue weighted by atomic mass is 9.73. The smallest absolute Gasteiger partial charge is 0.127 e. The van der Waals surface area contributed by atoms with E-state index in [0.717, 1.165) is 24.8 Å². The maximum atomic E-state index is 13.8. The van der Waals surface area contributed by atoms with E-state index in [2.05, 4.69) is 6.92 Å². The molecule has 0 heterocycles. The summed E-state index contributed by atoms with van der Waals surface area (Å²) in [6.45, 7) is 2.74. The van der Waals surface area contributed by atoms with Gasteiger partial charge in [0, 0.05) is 12.0 Å². The molecule has 1 aliphatic rings. The topological polar surface area (TPSA) is 26.0 Å². The van der Waals surface area contributed by atoms with Crippen LogP contribution in [0.4, 0.5) is 4.39 Å². The molecule has 0 spiro atoms. The first-order valence-corrected chi connectivity index (χ1v) is 5.66. The molecule has 2 rings (SSSR count). The Bertz CT molecular complexity index is 350. The van der Waals surface area contributed by atoms with Gasteiger partial charge in [-0.3, -0.25) is 0 Å². The zero-order chi connectivity index (χ0) is 10.9. The lowest BCUT2D eigenvalue weighted by Crippen LogP contribution is -2.38.